The van der Waals surface area contributed by atoms with Crippen molar-refractivity contribution in [1.82, 2.24) is 0 Å². The Morgan fingerprint density at radius 2 is 1.90 bits per heavy atom. The molecular formula is C14H12Cl2N2O2. The van der Waals surface area contributed by atoms with Gasteiger partial charge in [-0.25, -0.2) is 0 Å². The number of nitro groups is 1. The number of halogens is 2. The van der Waals surface area contributed by atoms with Crippen LogP contribution < -0.4 is 5.32 Å². The van der Waals surface area contributed by atoms with Gasteiger partial charge in [0.2, 0.25) is 0 Å². The van der Waals surface area contributed by atoms with Crippen LogP contribution in [-0.2, 0) is 6.54 Å². The molecule has 6 heteroatoms. The van der Waals surface area contributed by atoms with E-state index in [-0.39, 0.29) is 10.7 Å². The van der Waals surface area contributed by atoms with Crippen molar-refractivity contribution in [2.24, 2.45) is 0 Å². The third-order valence-corrected chi connectivity index (χ3v) is 3.45. The van der Waals surface area contributed by atoms with Crippen LogP contribution >= 0.6 is 23.2 Å². The summed E-state index contributed by atoms with van der Waals surface area (Å²) in [7, 11) is 0. The number of benzene rings is 2. The van der Waals surface area contributed by atoms with Crippen LogP contribution in [0.15, 0.2) is 36.4 Å². The molecule has 0 amide bonds. The Morgan fingerprint density at radius 1 is 1.15 bits per heavy atom. The Morgan fingerprint density at radius 3 is 2.55 bits per heavy atom. The number of hydrogen-bond donors (Lipinski definition) is 1. The largest absolute Gasteiger partial charge is 0.380 e. The average molecular weight is 311 g/mol. The predicted octanol–water partition coefficient (Wildman–Crippen LogP) is 4.82. The summed E-state index contributed by atoms with van der Waals surface area (Å²) in [4.78, 5) is 10.3. The van der Waals surface area contributed by atoms with Crippen molar-refractivity contribution in [2.45, 2.75) is 13.5 Å². The van der Waals surface area contributed by atoms with Crippen LogP contribution in [0.5, 0.6) is 0 Å². The Balaban J connectivity index is 2.15. The second-order valence-corrected chi connectivity index (χ2v) is 5.19. The van der Waals surface area contributed by atoms with E-state index >= 15 is 0 Å². The molecular weight excluding hydrogens is 299 g/mol. The molecule has 0 radical (unpaired) electrons. The molecule has 0 atom stereocenters. The van der Waals surface area contributed by atoms with E-state index in [1.54, 1.807) is 6.07 Å². The maximum absolute atomic E-state index is 10.8. The zero-order chi connectivity index (χ0) is 14.7. The molecule has 0 aromatic heterocycles. The Bertz CT molecular complexity index is 660. The SMILES string of the molecule is Cc1ccc(NCc2ccc(Cl)c([N+](=O)[O-])c2)c(Cl)c1. The Hall–Kier alpha value is -1.78. The first-order chi connectivity index (χ1) is 9.47. The van der Waals surface area contributed by atoms with Crippen LogP contribution in [0.1, 0.15) is 11.1 Å². The highest BCUT2D eigenvalue weighted by molar-refractivity contribution is 6.33. The molecule has 20 heavy (non-hydrogen) atoms. The molecule has 4 nitrogen and oxygen atoms in total. The fourth-order valence-electron chi connectivity index (χ4n) is 1.77. The number of rotatable bonds is 4. The summed E-state index contributed by atoms with van der Waals surface area (Å²) in [6.07, 6.45) is 0. The van der Waals surface area contributed by atoms with E-state index in [0.717, 1.165) is 16.8 Å². The van der Waals surface area contributed by atoms with Crippen molar-refractivity contribution in [2.75, 3.05) is 5.32 Å². The fourth-order valence-corrected chi connectivity index (χ4v) is 2.26. The summed E-state index contributed by atoms with van der Waals surface area (Å²) in [6, 6.07) is 10.4. The maximum Gasteiger partial charge on any atom is 0.288 e. The van der Waals surface area contributed by atoms with E-state index in [4.69, 9.17) is 23.2 Å². The first-order valence-electron chi connectivity index (χ1n) is 5.90. The van der Waals surface area contributed by atoms with Crippen LogP contribution in [0.3, 0.4) is 0 Å². The summed E-state index contributed by atoms with van der Waals surface area (Å²) in [5, 5.41) is 14.7. The van der Waals surface area contributed by atoms with Gasteiger partial charge in [0.1, 0.15) is 5.02 Å². The molecule has 0 fully saturated rings. The fraction of sp³-hybridized carbons (Fsp3) is 0.143. The van der Waals surface area contributed by atoms with Crippen molar-refractivity contribution in [1.29, 1.82) is 0 Å². The molecule has 104 valence electrons. The standard InChI is InChI=1S/C14H12Cl2N2O2/c1-9-2-5-13(12(16)6-9)17-8-10-3-4-11(15)14(7-10)18(19)20/h2-7,17H,8H2,1H3. The molecule has 1 N–H and O–H groups in total. The van der Waals surface area contributed by atoms with Crippen molar-refractivity contribution < 1.29 is 4.92 Å². The molecule has 0 saturated carbocycles. The molecule has 2 aromatic rings. The van der Waals surface area contributed by atoms with Crippen LogP contribution in [0, 0.1) is 17.0 Å². The molecule has 0 heterocycles. The van der Waals surface area contributed by atoms with Crippen LogP contribution in [0.25, 0.3) is 0 Å². The van der Waals surface area contributed by atoms with E-state index in [2.05, 4.69) is 5.32 Å². The van der Waals surface area contributed by atoms with Gasteiger partial charge < -0.3 is 5.32 Å². The molecule has 0 aliphatic rings. The van der Waals surface area contributed by atoms with Gasteiger partial charge >= 0.3 is 0 Å². The third kappa shape index (κ3) is 3.40. The van der Waals surface area contributed by atoms with E-state index in [1.807, 2.05) is 25.1 Å². The summed E-state index contributed by atoms with van der Waals surface area (Å²) >= 11 is 11.9. The predicted molar refractivity (Wildman–Crippen MR) is 81.6 cm³/mol. The number of nitrogens with zero attached hydrogens (tertiary/aromatic N) is 1. The number of nitro benzene ring substituents is 1. The molecule has 0 aliphatic heterocycles. The van der Waals surface area contributed by atoms with Crippen molar-refractivity contribution >= 4 is 34.6 Å². The lowest BCUT2D eigenvalue weighted by Crippen LogP contribution is -2.01. The van der Waals surface area contributed by atoms with Gasteiger partial charge in [-0.05, 0) is 36.2 Å². The average Bonchev–Trinajstić information content (AvgIpc) is 2.39. The van der Waals surface area contributed by atoms with Crippen molar-refractivity contribution in [3.63, 3.8) is 0 Å². The van der Waals surface area contributed by atoms with Crippen molar-refractivity contribution in [3.8, 4) is 0 Å². The van der Waals surface area contributed by atoms with Crippen LogP contribution in [-0.4, -0.2) is 4.92 Å². The second-order valence-electron chi connectivity index (χ2n) is 4.38. The normalized spacial score (nSPS) is 10.3. The van der Waals surface area contributed by atoms with E-state index in [0.29, 0.717) is 11.6 Å². The van der Waals surface area contributed by atoms with E-state index in [9.17, 15) is 10.1 Å². The molecule has 0 aliphatic carbocycles. The van der Waals surface area contributed by atoms with Gasteiger partial charge in [-0.3, -0.25) is 10.1 Å². The first-order valence-corrected chi connectivity index (χ1v) is 6.66. The first kappa shape index (κ1) is 14.6. The number of aryl methyl sites for hydroxylation is 1. The summed E-state index contributed by atoms with van der Waals surface area (Å²) in [6.45, 7) is 2.39. The van der Waals surface area contributed by atoms with Gasteiger partial charge in [0, 0.05) is 12.6 Å². The number of hydrogen-bond acceptors (Lipinski definition) is 3. The molecule has 2 aromatic carbocycles. The minimum atomic E-state index is -0.495. The quantitative estimate of drug-likeness (QED) is 0.650. The Kier molecular flexibility index (Phi) is 4.47. The topological polar surface area (TPSA) is 55.2 Å². The minimum absolute atomic E-state index is 0.0963. The zero-order valence-electron chi connectivity index (χ0n) is 10.7. The lowest BCUT2D eigenvalue weighted by Gasteiger charge is -2.09. The van der Waals surface area contributed by atoms with Crippen LogP contribution in [0.2, 0.25) is 10.0 Å². The van der Waals surface area contributed by atoms with Gasteiger partial charge in [0.25, 0.3) is 5.69 Å². The number of anilines is 1. The van der Waals surface area contributed by atoms with Crippen molar-refractivity contribution in [3.05, 3.63) is 67.7 Å². The van der Waals surface area contributed by atoms with Gasteiger partial charge in [-0.2, -0.15) is 0 Å². The third-order valence-electron chi connectivity index (χ3n) is 2.81. The van der Waals surface area contributed by atoms with Gasteiger partial charge in [-0.1, -0.05) is 35.3 Å². The summed E-state index contributed by atoms with van der Waals surface area (Å²) in [5.74, 6) is 0. The maximum atomic E-state index is 10.8. The lowest BCUT2D eigenvalue weighted by molar-refractivity contribution is -0.384. The highest BCUT2D eigenvalue weighted by atomic mass is 35.5. The molecule has 0 saturated heterocycles. The van der Waals surface area contributed by atoms with Gasteiger partial charge in [-0.15, -0.1) is 0 Å². The van der Waals surface area contributed by atoms with E-state index in [1.165, 1.54) is 12.1 Å². The highest BCUT2D eigenvalue weighted by Gasteiger charge is 2.12. The van der Waals surface area contributed by atoms with Gasteiger partial charge in [0.05, 0.1) is 15.6 Å². The Labute approximate surface area is 126 Å². The number of nitrogens with one attached hydrogen (secondary N) is 1. The molecule has 0 bridgehead atoms. The summed E-state index contributed by atoms with van der Waals surface area (Å²) in [5.41, 5.74) is 2.52. The molecule has 2 rings (SSSR count). The molecule has 0 spiro atoms. The zero-order valence-corrected chi connectivity index (χ0v) is 12.2. The van der Waals surface area contributed by atoms with E-state index < -0.39 is 4.92 Å². The molecule has 0 unspecified atom stereocenters. The monoisotopic (exact) mass is 310 g/mol. The second kappa shape index (κ2) is 6.11. The highest BCUT2D eigenvalue weighted by Crippen LogP contribution is 2.27. The lowest BCUT2D eigenvalue weighted by atomic mass is 10.2. The smallest absolute Gasteiger partial charge is 0.288 e. The van der Waals surface area contributed by atoms with Gasteiger partial charge in [0.15, 0.2) is 0 Å². The summed E-state index contributed by atoms with van der Waals surface area (Å²) < 4.78 is 0. The minimum Gasteiger partial charge on any atom is -0.380 e. The van der Waals surface area contributed by atoms with Crippen LogP contribution in [0.4, 0.5) is 11.4 Å².